The first-order valence-corrected chi connectivity index (χ1v) is 6.28. The van der Waals surface area contributed by atoms with Crippen LogP contribution in [0.3, 0.4) is 0 Å². The van der Waals surface area contributed by atoms with Gasteiger partial charge in [0, 0.05) is 11.1 Å². The number of benzene rings is 2. The number of fused-ring (bicyclic) bond motifs is 1. The van der Waals surface area contributed by atoms with E-state index < -0.39 is 6.23 Å². The van der Waals surface area contributed by atoms with Gasteiger partial charge in [-0.05, 0) is 31.0 Å². The van der Waals surface area contributed by atoms with E-state index >= 15 is 0 Å². The molecule has 1 amide bonds. The standard InChI is InChI=1S/C16H15NO2/c1-10-6-5-7-11(2)14(10)17-15(18)12-8-3-4-9-13(12)16(17)19/h3-9,15,18H,1-2H3. The fourth-order valence-electron chi connectivity index (χ4n) is 2.71. The predicted molar refractivity (Wildman–Crippen MR) is 74.1 cm³/mol. The molecular weight excluding hydrogens is 238 g/mol. The number of aryl methyl sites for hydroxylation is 2. The lowest BCUT2D eigenvalue weighted by atomic mass is 10.1. The maximum Gasteiger partial charge on any atom is 0.261 e. The molecule has 0 saturated carbocycles. The molecule has 0 aromatic heterocycles. The summed E-state index contributed by atoms with van der Waals surface area (Å²) < 4.78 is 0. The van der Waals surface area contributed by atoms with Crippen LogP contribution in [0.2, 0.25) is 0 Å². The molecule has 1 aliphatic rings. The van der Waals surface area contributed by atoms with Gasteiger partial charge in [0.1, 0.15) is 0 Å². The van der Waals surface area contributed by atoms with Crippen molar-refractivity contribution in [2.24, 2.45) is 0 Å². The highest BCUT2D eigenvalue weighted by Gasteiger charge is 2.37. The number of carbonyl (C=O) groups excluding carboxylic acids is 1. The monoisotopic (exact) mass is 253 g/mol. The Morgan fingerprint density at radius 1 is 1.00 bits per heavy atom. The summed E-state index contributed by atoms with van der Waals surface area (Å²) in [6, 6.07) is 13.1. The van der Waals surface area contributed by atoms with Gasteiger partial charge in [-0.3, -0.25) is 9.69 Å². The van der Waals surface area contributed by atoms with Crippen LogP contribution in [-0.4, -0.2) is 11.0 Å². The lowest BCUT2D eigenvalue weighted by molar-refractivity contribution is 0.0934. The van der Waals surface area contributed by atoms with E-state index in [-0.39, 0.29) is 5.91 Å². The Hall–Kier alpha value is -2.13. The predicted octanol–water partition coefficient (Wildman–Crippen LogP) is 2.95. The summed E-state index contributed by atoms with van der Waals surface area (Å²) in [4.78, 5) is 14.0. The summed E-state index contributed by atoms with van der Waals surface area (Å²) >= 11 is 0. The quantitative estimate of drug-likeness (QED) is 0.848. The molecule has 19 heavy (non-hydrogen) atoms. The number of aliphatic hydroxyl groups is 1. The fourth-order valence-corrected chi connectivity index (χ4v) is 2.71. The fraction of sp³-hybridized carbons (Fsp3) is 0.188. The van der Waals surface area contributed by atoms with Gasteiger partial charge in [0.25, 0.3) is 5.91 Å². The van der Waals surface area contributed by atoms with Crippen molar-refractivity contribution in [1.29, 1.82) is 0 Å². The SMILES string of the molecule is Cc1cccc(C)c1N1C(=O)c2ccccc2C1O. The molecule has 2 aromatic carbocycles. The van der Waals surface area contributed by atoms with Crippen molar-refractivity contribution in [2.45, 2.75) is 20.1 Å². The maximum atomic E-state index is 12.5. The third-order valence-corrected chi connectivity index (χ3v) is 3.61. The normalized spacial score (nSPS) is 17.7. The lowest BCUT2D eigenvalue weighted by Crippen LogP contribution is -2.29. The number of nitrogens with zero attached hydrogens (tertiary/aromatic N) is 1. The number of para-hydroxylation sites is 1. The van der Waals surface area contributed by atoms with E-state index in [2.05, 4.69) is 0 Å². The van der Waals surface area contributed by atoms with E-state index in [0.717, 1.165) is 16.8 Å². The molecule has 3 heteroatoms. The van der Waals surface area contributed by atoms with Crippen LogP contribution in [0, 0.1) is 13.8 Å². The second kappa shape index (κ2) is 4.21. The van der Waals surface area contributed by atoms with Crippen LogP contribution in [0.4, 0.5) is 5.69 Å². The minimum atomic E-state index is -0.900. The van der Waals surface area contributed by atoms with Crippen molar-refractivity contribution in [3.63, 3.8) is 0 Å². The van der Waals surface area contributed by atoms with Crippen LogP contribution in [0.25, 0.3) is 0 Å². The highest BCUT2D eigenvalue weighted by Crippen LogP contribution is 2.38. The summed E-state index contributed by atoms with van der Waals surface area (Å²) in [7, 11) is 0. The molecule has 1 atom stereocenters. The third kappa shape index (κ3) is 1.66. The molecule has 0 saturated heterocycles. The lowest BCUT2D eigenvalue weighted by Gasteiger charge is -2.24. The van der Waals surface area contributed by atoms with E-state index in [4.69, 9.17) is 0 Å². The van der Waals surface area contributed by atoms with Crippen LogP contribution < -0.4 is 4.90 Å². The van der Waals surface area contributed by atoms with Crippen molar-refractivity contribution in [1.82, 2.24) is 0 Å². The van der Waals surface area contributed by atoms with Crippen molar-refractivity contribution in [3.8, 4) is 0 Å². The van der Waals surface area contributed by atoms with Gasteiger partial charge in [0.15, 0.2) is 6.23 Å². The summed E-state index contributed by atoms with van der Waals surface area (Å²) in [5.74, 6) is -0.138. The average molecular weight is 253 g/mol. The van der Waals surface area contributed by atoms with E-state index in [1.807, 2.05) is 44.2 Å². The molecule has 2 aromatic rings. The second-order valence-electron chi connectivity index (χ2n) is 4.88. The number of anilines is 1. The maximum absolute atomic E-state index is 12.5. The molecule has 1 unspecified atom stereocenters. The molecule has 0 radical (unpaired) electrons. The summed E-state index contributed by atoms with van der Waals surface area (Å²) in [6.07, 6.45) is -0.900. The molecule has 1 N–H and O–H groups in total. The Bertz CT molecular complexity index is 643. The Balaban J connectivity index is 2.17. The topological polar surface area (TPSA) is 40.5 Å². The van der Waals surface area contributed by atoms with Gasteiger partial charge >= 0.3 is 0 Å². The van der Waals surface area contributed by atoms with Crippen molar-refractivity contribution in [3.05, 3.63) is 64.7 Å². The van der Waals surface area contributed by atoms with Gasteiger partial charge in [0.05, 0.1) is 5.69 Å². The Morgan fingerprint density at radius 3 is 2.26 bits per heavy atom. The highest BCUT2D eigenvalue weighted by atomic mass is 16.3. The number of hydrogen-bond donors (Lipinski definition) is 1. The van der Waals surface area contributed by atoms with Crippen molar-refractivity contribution >= 4 is 11.6 Å². The van der Waals surface area contributed by atoms with Crippen molar-refractivity contribution in [2.75, 3.05) is 4.90 Å². The zero-order valence-electron chi connectivity index (χ0n) is 10.9. The molecule has 96 valence electrons. The summed E-state index contributed by atoms with van der Waals surface area (Å²) in [5.41, 5.74) is 4.03. The van der Waals surface area contributed by atoms with Crippen molar-refractivity contribution < 1.29 is 9.90 Å². The van der Waals surface area contributed by atoms with Gasteiger partial charge in [-0.2, -0.15) is 0 Å². The van der Waals surface area contributed by atoms with E-state index in [0.29, 0.717) is 11.1 Å². The van der Waals surface area contributed by atoms with Crippen LogP contribution in [0.15, 0.2) is 42.5 Å². The van der Waals surface area contributed by atoms with E-state index in [9.17, 15) is 9.90 Å². The van der Waals surface area contributed by atoms with Gasteiger partial charge < -0.3 is 5.11 Å². The Labute approximate surface area is 112 Å². The molecule has 0 aliphatic carbocycles. The molecule has 0 spiro atoms. The molecular formula is C16H15NO2. The Morgan fingerprint density at radius 2 is 1.63 bits per heavy atom. The number of amides is 1. The smallest absolute Gasteiger partial charge is 0.261 e. The molecule has 1 heterocycles. The van der Waals surface area contributed by atoms with Crippen LogP contribution in [0.1, 0.15) is 33.3 Å². The second-order valence-corrected chi connectivity index (χ2v) is 4.88. The number of carbonyl (C=O) groups is 1. The number of hydrogen-bond acceptors (Lipinski definition) is 2. The minimum Gasteiger partial charge on any atom is -0.369 e. The first kappa shape index (κ1) is 11.9. The van der Waals surface area contributed by atoms with Gasteiger partial charge in [-0.1, -0.05) is 36.4 Å². The van der Waals surface area contributed by atoms with Gasteiger partial charge in [-0.15, -0.1) is 0 Å². The zero-order valence-corrected chi connectivity index (χ0v) is 10.9. The highest BCUT2D eigenvalue weighted by molar-refractivity contribution is 6.11. The largest absolute Gasteiger partial charge is 0.369 e. The zero-order chi connectivity index (χ0) is 13.6. The number of rotatable bonds is 1. The van der Waals surface area contributed by atoms with E-state index in [1.165, 1.54) is 4.90 Å². The average Bonchev–Trinajstić information content (AvgIpc) is 2.64. The molecule has 3 nitrogen and oxygen atoms in total. The van der Waals surface area contributed by atoms with Gasteiger partial charge in [0.2, 0.25) is 0 Å². The van der Waals surface area contributed by atoms with Gasteiger partial charge in [-0.25, -0.2) is 0 Å². The summed E-state index contributed by atoms with van der Waals surface area (Å²) in [6.45, 7) is 3.90. The van der Waals surface area contributed by atoms with Crippen LogP contribution in [0.5, 0.6) is 0 Å². The first-order valence-electron chi connectivity index (χ1n) is 6.28. The third-order valence-electron chi connectivity index (χ3n) is 3.61. The Kier molecular flexibility index (Phi) is 2.64. The first-order chi connectivity index (χ1) is 9.11. The molecule has 3 rings (SSSR count). The molecule has 0 fully saturated rings. The minimum absolute atomic E-state index is 0.138. The van der Waals surface area contributed by atoms with Crippen LogP contribution >= 0.6 is 0 Å². The van der Waals surface area contributed by atoms with E-state index in [1.54, 1.807) is 12.1 Å². The summed E-state index contributed by atoms with van der Waals surface area (Å²) in [5, 5.41) is 10.4. The number of aliphatic hydroxyl groups excluding tert-OH is 1. The van der Waals surface area contributed by atoms with Crippen LogP contribution in [-0.2, 0) is 0 Å². The molecule has 1 aliphatic heterocycles. The molecule has 0 bridgehead atoms.